The van der Waals surface area contributed by atoms with Crippen LogP contribution in [0.4, 0.5) is 5.69 Å². The molecule has 0 saturated carbocycles. The van der Waals surface area contributed by atoms with Crippen molar-refractivity contribution in [2.24, 2.45) is 14.1 Å². The standard InChI is InChI=1S/C34H34Cl2N6O5/c1-19(43)41-13-15-42(16-14-41)27-12-11-20-17-26(38-32(47-4)28(20)27)23-9-5-7-21(29(23)35)22-8-6-10-25(30(22)36)37-31(44)24-18-39(2)34(46)40(3)33(24)45/h5-10,17-18,27H,11-16H2,1-4H3,(H,37,44)/t27-/m1/s1. The topological polar surface area (TPSA) is 119 Å². The lowest BCUT2D eigenvalue weighted by atomic mass is 9.99. The van der Waals surface area contributed by atoms with Crippen LogP contribution in [-0.2, 0) is 25.3 Å². The molecule has 0 radical (unpaired) electrons. The predicted molar refractivity (Wildman–Crippen MR) is 181 cm³/mol. The number of aromatic nitrogens is 3. The Labute approximate surface area is 281 Å². The summed E-state index contributed by atoms with van der Waals surface area (Å²) < 4.78 is 7.88. The molecule has 0 spiro atoms. The Morgan fingerprint density at radius 2 is 1.62 bits per heavy atom. The Kier molecular flexibility index (Phi) is 8.97. The van der Waals surface area contributed by atoms with Gasteiger partial charge in [0, 0.05) is 81.7 Å². The van der Waals surface area contributed by atoms with Crippen molar-refractivity contribution in [2.45, 2.75) is 25.8 Å². The molecule has 1 N–H and O–H groups in total. The molecule has 1 saturated heterocycles. The Morgan fingerprint density at radius 3 is 2.30 bits per heavy atom. The minimum Gasteiger partial charge on any atom is -0.481 e. The van der Waals surface area contributed by atoms with Gasteiger partial charge in [-0.1, -0.05) is 53.5 Å². The van der Waals surface area contributed by atoms with Crippen LogP contribution in [0.15, 0.2) is 58.3 Å². The molecule has 0 bridgehead atoms. The fourth-order valence-corrected chi connectivity index (χ4v) is 7.12. The smallest absolute Gasteiger partial charge is 0.330 e. The summed E-state index contributed by atoms with van der Waals surface area (Å²) in [6, 6.07) is 13.0. The van der Waals surface area contributed by atoms with E-state index in [1.54, 1.807) is 32.2 Å². The maximum atomic E-state index is 13.1. The summed E-state index contributed by atoms with van der Waals surface area (Å²) in [6.07, 6.45) is 3.00. The molecule has 1 aliphatic heterocycles. The molecule has 1 atom stereocenters. The first kappa shape index (κ1) is 32.5. The highest BCUT2D eigenvalue weighted by atomic mass is 35.5. The van der Waals surface area contributed by atoms with Crippen LogP contribution in [0, 0.1) is 0 Å². The van der Waals surface area contributed by atoms with Crippen LogP contribution >= 0.6 is 23.2 Å². The van der Waals surface area contributed by atoms with Crippen LogP contribution in [0.1, 0.15) is 40.9 Å². The van der Waals surface area contributed by atoms with Crippen molar-refractivity contribution >= 4 is 40.7 Å². The highest BCUT2D eigenvalue weighted by molar-refractivity contribution is 6.39. The lowest BCUT2D eigenvalue weighted by Gasteiger charge is -2.38. The normalized spacial score (nSPS) is 16.2. The van der Waals surface area contributed by atoms with Crippen molar-refractivity contribution in [3.8, 4) is 28.3 Å². The fourth-order valence-electron chi connectivity index (χ4n) is 6.52. The number of nitrogens with zero attached hydrogens (tertiary/aromatic N) is 5. The monoisotopic (exact) mass is 676 g/mol. The van der Waals surface area contributed by atoms with Gasteiger partial charge >= 0.3 is 5.69 Å². The van der Waals surface area contributed by atoms with Crippen LogP contribution < -0.4 is 21.3 Å². The van der Waals surface area contributed by atoms with E-state index < -0.39 is 17.2 Å². The van der Waals surface area contributed by atoms with Gasteiger partial charge in [-0.15, -0.1) is 0 Å². The number of pyridine rings is 1. The first-order chi connectivity index (χ1) is 22.5. The molecule has 0 unspecified atom stereocenters. The zero-order valence-corrected chi connectivity index (χ0v) is 28.0. The number of rotatable bonds is 6. The van der Waals surface area contributed by atoms with Crippen LogP contribution in [-0.4, -0.2) is 69.0 Å². The number of ether oxygens (including phenoxy) is 1. The summed E-state index contributed by atoms with van der Waals surface area (Å²) in [4.78, 5) is 58.8. The maximum absolute atomic E-state index is 13.1. The molecule has 11 nitrogen and oxygen atoms in total. The molecule has 13 heteroatoms. The van der Waals surface area contributed by atoms with E-state index in [0.29, 0.717) is 46.4 Å². The number of carbonyl (C=O) groups excluding carboxylic acids is 2. The van der Waals surface area contributed by atoms with Gasteiger partial charge in [0.25, 0.3) is 11.5 Å². The van der Waals surface area contributed by atoms with Crippen LogP contribution in [0.25, 0.3) is 22.4 Å². The molecule has 6 rings (SSSR count). The maximum Gasteiger partial charge on any atom is 0.330 e. The largest absolute Gasteiger partial charge is 0.481 e. The number of halogens is 2. The SMILES string of the molecule is COc1nc(-c2cccc(-c3cccc(NC(=O)c4cn(C)c(=O)n(C)c4=O)c3Cl)c2Cl)cc2c1[C@H](N1CCN(C(C)=O)CC1)CC2. The number of anilines is 1. The van der Waals surface area contributed by atoms with E-state index in [1.807, 2.05) is 23.1 Å². The number of hydrogen-bond acceptors (Lipinski definition) is 7. The van der Waals surface area contributed by atoms with E-state index in [0.717, 1.165) is 41.6 Å². The number of methoxy groups -OCH3 is 1. The number of hydrogen-bond donors (Lipinski definition) is 1. The third-order valence-electron chi connectivity index (χ3n) is 9.03. The van der Waals surface area contributed by atoms with Gasteiger partial charge in [-0.05, 0) is 30.5 Å². The van der Waals surface area contributed by atoms with Crippen molar-refractivity contribution in [1.82, 2.24) is 23.9 Å². The van der Waals surface area contributed by atoms with Crippen molar-refractivity contribution in [3.63, 3.8) is 0 Å². The Hall–Kier alpha value is -4.45. The minimum atomic E-state index is -0.715. The van der Waals surface area contributed by atoms with E-state index in [1.165, 1.54) is 24.9 Å². The van der Waals surface area contributed by atoms with E-state index in [-0.39, 0.29) is 28.2 Å². The van der Waals surface area contributed by atoms with E-state index >= 15 is 0 Å². The summed E-state index contributed by atoms with van der Waals surface area (Å²) in [6.45, 7) is 4.61. The number of nitrogens with one attached hydrogen (secondary N) is 1. The fraction of sp³-hybridized carbons (Fsp3) is 0.324. The molecule has 2 aromatic heterocycles. The van der Waals surface area contributed by atoms with Crippen LogP contribution in [0.2, 0.25) is 10.0 Å². The number of piperazine rings is 1. The lowest BCUT2D eigenvalue weighted by molar-refractivity contribution is -0.130. The summed E-state index contributed by atoms with van der Waals surface area (Å²) in [7, 11) is 4.40. The molecular weight excluding hydrogens is 643 g/mol. The van der Waals surface area contributed by atoms with Crippen molar-refractivity contribution in [2.75, 3.05) is 38.6 Å². The van der Waals surface area contributed by atoms with Crippen molar-refractivity contribution < 1.29 is 14.3 Å². The Balaban J connectivity index is 1.31. The third-order valence-corrected chi connectivity index (χ3v) is 9.84. The number of fused-ring (bicyclic) bond motifs is 1. The molecular formula is C34H34Cl2N6O5. The van der Waals surface area contributed by atoms with Gasteiger partial charge in [-0.3, -0.25) is 23.9 Å². The zero-order valence-electron chi connectivity index (χ0n) is 26.5. The van der Waals surface area contributed by atoms with Gasteiger partial charge in [-0.2, -0.15) is 0 Å². The highest BCUT2D eigenvalue weighted by Gasteiger charge is 2.34. The van der Waals surface area contributed by atoms with E-state index in [4.69, 9.17) is 32.9 Å². The van der Waals surface area contributed by atoms with E-state index in [9.17, 15) is 19.2 Å². The molecule has 1 aliphatic carbocycles. The minimum absolute atomic E-state index is 0.102. The average molecular weight is 678 g/mol. The predicted octanol–water partition coefficient (Wildman–Crippen LogP) is 4.53. The third kappa shape index (κ3) is 5.95. The van der Waals surface area contributed by atoms with Crippen molar-refractivity contribution in [3.05, 3.63) is 96.2 Å². The average Bonchev–Trinajstić information content (AvgIpc) is 3.50. The molecule has 244 valence electrons. The molecule has 2 amide bonds. The Morgan fingerprint density at radius 1 is 0.957 bits per heavy atom. The van der Waals surface area contributed by atoms with Gasteiger partial charge in [-0.25, -0.2) is 9.78 Å². The summed E-state index contributed by atoms with van der Waals surface area (Å²) >= 11 is 13.9. The molecule has 2 aromatic carbocycles. The van der Waals surface area contributed by atoms with Crippen LogP contribution in [0.3, 0.4) is 0 Å². The molecule has 47 heavy (non-hydrogen) atoms. The number of benzene rings is 2. The van der Waals surface area contributed by atoms with Crippen LogP contribution in [0.5, 0.6) is 5.88 Å². The second-order valence-electron chi connectivity index (χ2n) is 11.8. The molecule has 2 aliphatic rings. The Bertz CT molecular complexity index is 2030. The van der Waals surface area contributed by atoms with Gasteiger partial charge in [0.05, 0.1) is 28.5 Å². The quantitative estimate of drug-likeness (QED) is 0.319. The molecule has 3 heterocycles. The van der Waals surface area contributed by atoms with Gasteiger partial charge in [0.15, 0.2) is 0 Å². The lowest BCUT2D eigenvalue weighted by Crippen LogP contribution is -2.48. The highest BCUT2D eigenvalue weighted by Crippen LogP contribution is 2.45. The zero-order chi connectivity index (χ0) is 33.6. The second kappa shape index (κ2) is 13.0. The summed E-state index contributed by atoms with van der Waals surface area (Å²) in [5.41, 5.74) is 3.62. The molecule has 1 fully saturated rings. The van der Waals surface area contributed by atoms with Crippen molar-refractivity contribution in [1.29, 1.82) is 0 Å². The second-order valence-corrected chi connectivity index (χ2v) is 12.5. The van der Waals surface area contributed by atoms with Gasteiger partial charge in [0.1, 0.15) is 5.56 Å². The first-order valence-electron chi connectivity index (χ1n) is 15.2. The first-order valence-corrected chi connectivity index (χ1v) is 16.0. The van der Waals surface area contributed by atoms with Gasteiger partial charge < -0.3 is 19.5 Å². The number of aryl methyl sites for hydroxylation is 2. The summed E-state index contributed by atoms with van der Waals surface area (Å²) in [5.74, 6) is -0.0399. The number of amides is 2. The summed E-state index contributed by atoms with van der Waals surface area (Å²) in [5, 5.41) is 3.36. The molecule has 4 aromatic rings. The van der Waals surface area contributed by atoms with Gasteiger partial charge in [0.2, 0.25) is 11.8 Å². The van der Waals surface area contributed by atoms with E-state index in [2.05, 4.69) is 16.3 Å². The number of carbonyl (C=O) groups is 2.